The van der Waals surface area contributed by atoms with Gasteiger partial charge in [-0.2, -0.15) is 0 Å². The summed E-state index contributed by atoms with van der Waals surface area (Å²) in [6, 6.07) is 15.2. The van der Waals surface area contributed by atoms with Gasteiger partial charge in [-0.25, -0.2) is 40.6 Å². The van der Waals surface area contributed by atoms with Gasteiger partial charge in [0, 0.05) is 36.8 Å². The van der Waals surface area contributed by atoms with E-state index in [-0.39, 0.29) is 21.6 Å². The fraction of sp³-hybridized carbons (Fsp3) is 0.167. The van der Waals surface area contributed by atoms with Crippen molar-refractivity contribution in [1.82, 2.24) is 15.0 Å². The van der Waals surface area contributed by atoms with Crippen LogP contribution in [0.4, 0.5) is 31.2 Å². The monoisotopic (exact) mass is 718 g/mol. The highest BCUT2D eigenvalue weighted by Crippen LogP contribution is 2.44. The van der Waals surface area contributed by atoms with Gasteiger partial charge in [-0.3, -0.25) is 4.72 Å². The number of ether oxygens (including phenoxy) is 1. The van der Waals surface area contributed by atoms with E-state index in [9.17, 15) is 25.6 Å². The van der Waals surface area contributed by atoms with Gasteiger partial charge in [-0.15, -0.1) is 0 Å². The van der Waals surface area contributed by atoms with Crippen LogP contribution in [-0.2, 0) is 24.6 Å². The maximum Gasteiger partial charge on any atom is 0.267 e. The number of rotatable bonds is 9. The second-order valence-corrected chi connectivity index (χ2v) is 15.3. The molecular formula is C30H25ClF2N6O5S3. The summed E-state index contributed by atoms with van der Waals surface area (Å²) in [6.45, 7) is 2.18. The van der Waals surface area contributed by atoms with Crippen molar-refractivity contribution < 1.29 is 30.4 Å². The molecule has 0 atom stereocenters. The lowest BCUT2D eigenvalue weighted by atomic mass is 10.1. The van der Waals surface area contributed by atoms with Crippen molar-refractivity contribution in [1.29, 1.82) is 0 Å². The summed E-state index contributed by atoms with van der Waals surface area (Å²) >= 11 is 8.11. The predicted molar refractivity (Wildman–Crippen MR) is 177 cm³/mol. The Balaban J connectivity index is 1.41. The van der Waals surface area contributed by atoms with Crippen molar-refractivity contribution >= 4 is 65.3 Å². The maximum absolute atomic E-state index is 14.4. The molecule has 47 heavy (non-hydrogen) atoms. The first kappa shape index (κ1) is 32.7. The van der Waals surface area contributed by atoms with E-state index in [4.69, 9.17) is 21.3 Å². The van der Waals surface area contributed by atoms with Gasteiger partial charge >= 0.3 is 0 Å². The van der Waals surface area contributed by atoms with Gasteiger partial charge in [0.05, 0.1) is 45.1 Å². The number of hydrogen-bond donors (Lipinski definition) is 2. The third kappa shape index (κ3) is 7.06. The van der Waals surface area contributed by atoms with Gasteiger partial charge in [-0.1, -0.05) is 47.2 Å². The SMILES string of the molecule is CS(=O)(=O)c1cccc(Nc2nccc(-c3sc(N4CCOCC4)nc3-c3cccc(NS(=O)(=O)c4c(F)cccc4F)c3Cl)n2)c1. The van der Waals surface area contributed by atoms with Crippen LogP contribution in [-0.4, -0.2) is 64.3 Å². The molecule has 5 aromatic rings. The number of sulfonamides is 1. The van der Waals surface area contributed by atoms with E-state index in [1.807, 2.05) is 4.90 Å². The molecule has 0 radical (unpaired) electrons. The molecule has 0 saturated carbocycles. The van der Waals surface area contributed by atoms with Crippen LogP contribution in [0.3, 0.4) is 0 Å². The number of aromatic nitrogens is 3. The summed E-state index contributed by atoms with van der Waals surface area (Å²) in [7, 11) is -8.15. The second kappa shape index (κ2) is 13.1. The molecule has 1 fully saturated rings. The molecule has 3 aromatic carbocycles. The molecule has 0 amide bonds. The highest BCUT2D eigenvalue weighted by Gasteiger charge is 2.27. The molecule has 0 unspecified atom stereocenters. The highest BCUT2D eigenvalue weighted by atomic mass is 35.5. The Morgan fingerprint density at radius 1 is 0.936 bits per heavy atom. The first-order valence-electron chi connectivity index (χ1n) is 13.9. The fourth-order valence-corrected chi connectivity index (χ4v) is 8.06. The smallest absolute Gasteiger partial charge is 0.267 e. The Bertz CT molecular complexity index is 2180. The number of thiazole rings is 1. The van der Waals surface area contributed by atoms with Gasteiger partial charge in [0.15, 0.2) is 19.9 Å². The lowest BCUT2D eigenvalue weighted by molar-refractivity contribution is 0.122. The number of nitrogens with zero attached hydrogens (tertiary/aromatic N) is 4. The van der Waals surface area contributed by atoms with E-state index >= 15 is 0 Å². The summed E-state index contributed by atoms with van der Waals surface area (Å²) in [6.07, 6.45) is 2.64. The zero-order chi connectivity index (χ0) is 33.3. The van der Waals surface area contributed by atoms with E-state index in [1.165, 1.54) is 41.8 Å². The number of morpholine rings is 1. The van der Waals surface area contributed by atoms with Crippen molar-refractivity contribution in [3.8, 4) is 21.8 Å². The highest BCUT2D eigenvalue weighted by molar-refractivity contribution is 7.92. The van der Waals surface area contributed by atoms with Crippen molar-refractivity contribution in [2.24, 2.45) is 0 Å². The quantitative estimate of drug-likeness (QED) is 0.187. The Hall–Kier alpha value is -4.22. The number of sulfone groups is 1. The molecule has 17 heteroatoms. The van der Waals surface area contributed by atoms with E-state index in [2.05, 4.69) is 20.0 Å². The Kier molecular flexibility index (Phi) is 9.13. The van der Waals surface area contributed by atoms with Crippen LogP contribution in [0.5, 0.6) is 0 Å². The third-order valence-electron chi connectivity index (χ3n) is 6.99. The Morgan fingerprint density at radius 3 is 2.36 bits per heavy atom. The van der Waals surface area contributed by atoms with Crippen LogP contribution in [0.15, 0.2) is 82.7 Å². The number of halogens is 3. The molecule has 6 rings (SSSR count). The van der Waals surface area contributed by atoms with E-state index < -0.39 is 36.4 Å². The molecule has 1 saturated heterocycles. The topological polar surface area (TPSA) is 143 Å². The first-order chi connectivity index (χ1) is 22.4. The van der Waals surface area contributed by atoms with Crippen molar-refractivity contribution in [3.63, 3.8) is 0 Å². The normalized spacial score (nSPS) is 13.8. The lowest BCUT2D eigenvalue weighted by Gasteiger charge is -2.26. The molecule has 0 bridgehead atoms. The molecule has 3 heterocycles. The molecule has 1 aliphatic heterocycles. The zero-order valence-corrected chi connectivity index (χ0v) is 27.7. The predicted octanol–water partition coefficient (Wildman–Crippen LogP) is 5.98. The average molecular weight is 719 g/mol. The van der Waals surface area contributed by atoms with Gasteiger partial charge < -0.3 is 15.0 Å². The van der Waals surface area contributed by atoms with E-state index in [0.717, 1.165) is 24.5 Å². The van der Waals surface area contributed by atoms with Crippen LogP contribution in [0.25, 0.3) is 21.8 Å². The fourth-order valence-electron chi connectivity index (χ4n) is 4.76. The van der Waals surface area contributed by atoms with Crippen LogP contribution >= 0.6 is 22.9 Å². The molecule has 2 aromatic heterocycles. The van der Waals surface area contributed by atoms with E-state index in [1.54, 1.807) is 24.3 Å². The number of anilines is 4. The summed E-state index contributed by atoms with van der Waals surface area (Å²) in [5, 5.41) is 3.62. The molecule has 0 aliphatic carbocycles. The minimum Gasteiger partial charge on any atom is -0.378 e. The van der Waals surface area contributed by atoms with Crippen molar-refractivity contribution in [2.75, 3.05) is 47.5 Å². The molecule has 2 N–H and O–H groups in total. The number of benzene rings is 3. The van der Waals surface area contributed by atoms with Crippen molar-refractivity contribution in [3.05, 3.63) is 89.6 Å². The van der Waals surface area contributed by atoms with Crippen LogP contribution in [0.1, 0.15) is 0 Å². The Labute approximate surface area is 278 Å². The lowest BCUT2D eigenvalue weighted by Crippen LogP contribution is -2.36. The molecule has 1 aliphatic rings. The van der Waals surface area contributed by atoms with Gasteiger partial charge in [0.1, 0.15) is 11.6 Å². The summed E-state index contributed by atoms with van der Waals surface area (Å²) in [5.74, 6) is -2.32. The second-order valence-electron chi connectivity index (χ2n) is 10.3. The zero-order valence-electron chi connectivity index (χ0n) is 24.4. The van der Waals surface area contributed by atoms with Crippen molar-refractivity contribution in [2.45, 2.75) is 9.79 Å². The first-order valence-corrected chi connectivity index (χ1v) is 18.5. The third-order valence-corrected chi connectivity index (χ3v) is 11.1. The van der Waals surface area contributed by atoms with Gasteiger partial charge in [0.2, 0.25) is 5.95 Å². The average Bonchev–Trinajstić information content (AvgIpc) is 3.48. The van der Waals surface area contributed by atoms with Crippen LogP contribution in [0, 0.1) is 11.6 Å². The van der Waals surface area contributed by atoms with Gasteiger partial charge in [0.25, 0.3) is 10.0 Å². The Morgan fingerprint density at radius 2 is 1.64 bits per heavy atom. The maximum atomic E-state index is 14.4. The summed E-state index contributed by atoms with van der Waals surface area (Å²) in [4.78, 5) is 15.4. The minimum atomic E-state index is -4.71. The number of hydrogen-bond acceptors (Lipinski definition) is 11. The van der Waals surface area contributed by atoms with Crippen LogP contribution in [0.2, 0.25) is 5.02 Å². The molecule has 11 nitrogen and oxygen atoms in total. The standard InChI is InChI=1S/C30H25ClF2N6O5S3/c1-46(40,41)19-6-2-5-18(17-19)35-29-34-12-11-24(36-29)27-26(37-30(45-27)39-13-15-44-16-14-39)20-7-3-10-23(25(20)31)38-47(42,43)28-21(32)8-4-9-22(28)33/h2-12,17,38H,13-16H2,1H3,(H,34,35,36). The molecule has 0 spiro atoms. The molecular weight excluding hydrogens is 694 g/mol. The van der Waals surface area contributed by atoms with Gasteiger partial charge in [-0.05, 0) is 42.5 Å². The molecule has 244 valence electrons. The van der Waals surface area contributed by atoms with Crippen LogP contribution < -0.4 is 14.9 Å². The summed E-state index contributed by atoms with van der Waals surface area (Å²) < 4.78 is 86.7. The number of nitrogens with one attached hydrogen (secondary N) is 2. The minimum absolute atomic E-state index is 0.0575. The van der Waals surface area contributed by atoms with E-state index in [0.29, 0.717) is 59.0 Å². The summed E-state index contributed by atoms with van der Waals surface area (Å²) in [5.41, 5.74) is 1.50. The largest absolute Gasteiger partial charge is 0.378 e.